The van der Waals surface area contributed by atoms with Crippen molar-refractivity contribution in [2.24, 2.45) is 0 Å². The Kier molecular flexibility index (Phi) is 2.27. The maximum atomic E-state index is 3.46. The molecule has 0 bridgehead atoms. The first-order chi connectivity index (χ1) is 2.89. The molecule has 1 aliphatic rings. The van der Waals surface area contributed by atoms with E-state index >= 15 is 0 Å². The lowest BCUT2D eigenvalue weighted by molar-refractivity contribution is 1.59. The van der Waals surface area contributed by atoms with Crippen LogP contribution in [0.3, 0.4) is 0 Å². The van der Waals surface area contributed by atoms with Crippen LogP contribution in [0.1, 0.15) is 0 Å². The maximum Gasteiger partial charge on any atom is 0.351 e. The van der Waals surface area contributed by atoms with Crippen molar-refractivity contribution >= 4 is 43.1 Å². The zero-order chi connectivity index (χ0) is 4.41. The molecule has 0 aromatic heterocycles. The van der Waals surface area contributed by atoms with E-state index < -0.39 is 0 Å². The predicted octanol–water partition coefficient (Wildman–Crippen LogP) is 1.85. The Morgan fingerprint density at radius 2 is 1.83 bits per heavy atom. The molecule has 0 aromatic carbocycles. The average Bonchev–Trinajstić information content (AvgIpc) is 1.86. The van der Waals surface area contributed by atoms with Crippen molar-refractivity contribution in [3.63, 3.8) is 0 Å². The van der Waals surface area contributed by atoms with Gasteiger partial charge in [0.1, 0.15) is 0 Å². The smallest absolute Gasteiger partial charge is 0.182 e. The molecule has 1 rings (SSSR count). The summed E-state index contributed by atoms with van der Waals surface area (Å²) in [5, 5.41) is 0. The lowest BCUT2D eigenvalue weighted by Gasteiger charge is -1.81. The van der Waals surface area contributed by atoms with Crippen LogP contribution in [-0.2, 0) is 0 Å². The number of hydrogen-bond acceptors (Lipinski definition) is 2. The van der Waals surface area contributed by atoms with Gasteiger partial charge in [0.2, 0.25) is 0 Å². The summed E-state index contributed by atoms with van der Waals surface area (Å²) in [6.45, 7) is 0. The molecule has 0 spiro atoms. The molecular formula is C2H4BBrS2. The summed E-state index contributed by atoms with van der Waals surface area (Å²) in [5.74, 6) is 2.64. The predicted molar refractivity (Wildman–Crippen MR) is 39.6 cm³/mol. The van der Waals surface area contributed by atoms with Crippen LogP contribution in [0.4, 0.5) is 0 Å². The topological polar surface area (TPSA) is 0 Å². The highest BCUT2D eigenvalue weighted by Crippen LogP contribution is 2.31. The van der Waals surface area contributed by atoms with Crippen molar-refractivity contribution in [2.45, 2.75) is 0 Å². The average molecular weight is 183 g/mol. The molecule has 0 aromatic rings. The molecule has 0 atom stereocenters. The van der Waals surface area contributed by atoms with Gasteiger partial charge in [-0.1, -0.05) is 0 Å². The van der Waals surface area contributed by atoms with Gasteiger partial charge in [-0.15, -0.1) is 15.8 Å². The molecule has 1 aliphatic heterocycles. The van der Waals surface area contributed by atoms with E-state index in [0.717, 1.165) is 0 Å². The minimum Gasteiger partial charge on any atom is -0.182 e. The van der Waals surface area contributed by atoms with Crippen LogP contribution in [0.15, 0.2) is 0 Å². The van der Waals surface area contributed by atoms with E-state index in [1.54, 1.807) is 0 Å². The van der Waals surface area contributed by atoms with Gasteiger partial charge in [-0.2, -0.15) is 23.2 Å². The van der Waals surface area contributed by atoms with Crippen molar-refractivity contribution < 1.29 is 0 Å². The Hall–Kier alpha value is 1.24. The standard InChI is InChI=1S/C2H4BBrS2/c4-3-5-1-2-6-3/h1-2H2. The Bertz CT molecular complexity index is 44.8. The molecule has 0 radical (unpaired) electrons. The van der Waals surface area contributed by atoms with Crippen LogP contribution in [0.2, 0.25) is 0 Å². The molecule has 6 heavy (non-hydrogen) atoms. The fraction of sp³-hybridized carbons (Fsp3) is 1.00. The van der Waals surface area contributed by atoms with Gasteiger partial charge >= 0.3 is 4.09 Å². The Morgan fingerprint density at radius 3 is 2.00 bits per heavy atom. The Balaban J connectivity index is 2.18. The van der Waals surface area contributed by atoms with Gasteiger partial charge in [0.25, 0.3) is 0 Å². The first-order valence-corrected chi connectivity index (χ1v) is 4.78. The van der Waals surface area contributed by atoms with E-state index in [4.69, 9.17) is 0 Å². The zero-order valence-electron chi connectivity index (χ0n) is 3.19. The summed E-state index contributed by atoms with van der Waals surface area (Å²) in [4.78, 5) is 0. The van der Waals surface area contributed by atoms with Gasteiger partial charge < -0.3 is 0 Å². The monoisotopic (exact) mass is 182 g/mol. The zero-order valence-corrected chi connectivity index (χ0v) is 6.41. The number of rotatable bonds is 0. The Morgan fingerprint density at radius 1 is 1.33 bits per heavy atom. The van der Waals surface area contributed by atoms with Gasteiger partial charge in [-0.3, -0.25) is 0 Å². The van der Waals surface area contributed by atoms with Crippen LogP contribution in [0.5, 0.6) is 0 Å². The lowest BCUT2D eigenvalue weighted by atomic mass is 10.7. The maximum absolute atomic E-state index is 3.46. The van der Waals surface area contributed by atoms with Crippen LogP contribution in [0.25, 0.3) is 0 Å². The van der Waals surface area contributed by atoms with Crippen molar-refractivity contribution in [3.05, 3.63) is 0 Å². The van der Waals surface area contributed by atoms with Crippen LogP contribution >= 0.6 is 39.0 Å². The highest BCUT2D eigenvalue weighted by molar-refractivity contribution is 9.36. The second-order valence-electron chi connectivity index (χ2n) is 1.02. The van der Waals surface area contributed by atoms with E-state index in [9.17, 15) is 0 Å². The third kappa shape index (κ3) is 1.39. The molecule has 1 heterocycles. The molecule has 0 saturated carbocycles. The van der Waals surface area contributed by atoms with Crippen LogP contribution < -0.4 is 0 Å². The first kappa shape index (κ1) is 5.38. The van der Waals surface area contributed by atoms with Crippen molar-refractivity contribution in [3.8, 4) is 0 Å². The summed E-state index contributed by atoms with van der Waals surface area (Å²) in [6, 6.07) is 0. The second kappa shape index (κ2) is 2.53. The summed E-state index contributed by atoms with van der Waals surface area (Å²) in [6.07, 6.45) is 0. The van der Waals surface area contributed by atoms with Gasteiger partial charge in [0.05, 0.1) is 0 Å². The van der Waals surface area contributed by atoms with Gasteiger partial charge in [-0.25, -0.2) is 0 Å². The Labute approximate surface area is 54.7 Å². The molecule has 0 unspecified atom stereocenters. The largest absolute Gasteiger partial charge is 0.351 e. The molecule has 1 fully saturated rings. The van der Waals surface area contributed by atoms with Crippen LogP contribution in [-0.4, -0.2) is 15.6 Å². The second-order valence-corrected chi connectivity index (χ2v) is 5.87. The van der Waals surface area contributed by atoms with E-state index in [-0.39, 0.29) is 0 Å². The third-order valence-electron chi connectivity index (χ3n) is 0.581. The SMILES string of the molecule is BrB1SCCS1. The lowest BCUT2D eigenvalue weighted by Crippen LogP contribution is -1.76. The fourth-order valence-electron chi connectivity index (χ4n) is 0.330. The summed E-state index contributed by atoms with van der Waals surface area (Å²) >= 11 is 7.42. The summed E-state index contributed by atoms with van der Waals surface area (Å²) in [5.41, 5.74) is 0. The molecule has 0 N–H and O–H groups in total. The summed E-state index contributed by atoms with van der Waals surface area (Å²) < 4.78 is 0.692. The number of halogens is 1. The van der Waals surface area contributed by atoms with Gasteiger partial charge in [0, 0.05) is 0 Å². The van der Waals surface area contributed by atoms with E-state index in [2.05, 4.69) is 15.8 Å². The molecule has 0 aliphatic carbocycles. The normalized spacial score (nSPS) is 22.5. The fourth-order valence-corrected chi connectivity index (χ4v) is 3.55. The minimum atomic E-state index is 0.692. The van der Waals surface area contributed by atoms with Crippen molar-refractivity contribution in [2.75, 3.05) is 11.5 Å². The van der Waals surface area contributed by atoms with Gasteiger partial charge in [0.15, 0.2) is 0 Å². The molecule has 4 heteroatoms. The van der Waals surface area contributed by atoms with E-state index in [0.29, 0.717) is 4.09 Å². The van der Waals surface area contributed by atoms with E-state index in [1.165, 1.54) is 11.5 Å². The van der Waals surface area contributed by atoms with Gasteiger partial charge in [-0.05, 0) is 11.5 Å². The van der Waals surface area contributed by atoms with E-state index in [1.807, 2.05) is 23.2 Å². The first-order valence-electron chi connectivity index (χ1n) is 1.77. The molecule has 0 amide bonds. The third-order valence-corrected chi connectivity index (χ3v) is 4.65. The molecule has 34 valence electrons. The minimum absolute atomic E-state index is 0.692. The molecule has 1 saturated heterocycles. The highest BCUT2D eigenvalue weighted by Gasteiger charge is 2.15. The number of hydrogen-bond donors (Lipinski definition) is 0. The highest BCUT2D eigenvalue weighted by atomic mass is 79.9. The summed E-state index contributed by atoms with van der Waals surface area (Å²) in [7, 11) is 0. The van der Waals surface area contributed by atoms with Crippen LogP contribution in [0, 0.1) is 0 Å². The molecule has 0 nitrogen and oxygen atoms in total. The molecular weight excluding hydrogens is 179 g/mol. The van der Waals surface area contributed by atoms with Crippen molar-refractivity contribution in [1.82, 2.24) is 0 Å². The van der Waals surface area contributed by atoms with Crippen molar-refractivity contribution in [1.29, 1.82) is 0 Å². The quantitative estimate of drug-likeness (QED) is 0.525.